The van der Waals surface area contributed by atoms with Crippen molar-refractivity contribution in [2.45, 2.75) is 31.7 Å². The third-order valence-corrected chi connectivity index (χ3v) is 5.53. The fraction of sp³-hybridized carbons (Fsp3) is 0.368. The SMILES string of the molecule is O=C(Nc1ccc2c(c1)C(=O)N1CCCCC1CCO2)c1ccsc1. The van der Waals surface area contributed by atoms with Crippen molar-refractivity contribution < 1.29 is 14.3 Å². The molecule has 2 amide bonds. The lowest BCUT2D eigenvalue weighted by atomic mass is 9.97. The van der Waals surface area contributed by atoms with E-state index in [1.807, 2.05) is 10.3 Å². The first-order valence-corrected chi connectivity index (χ1v) is 9.58. The molecule has 6 heteroatoms. The molecule has 3 heterocycles. The van der Waals surface area contributed by atoms with Gasteiger partial charge in [0.1, 0.15) is 5.75 Å². The fourth-order valence-electron chi connectivity index (χ4n) is 3.53. The summed E-state index contributed by atoms with van der Waals surface area (Å²) in [6.45, 7) is 1.41. The Bertz CT molecular complexity index is 788. The van der Waals surface area contributed by atoms with Crippen molar-refractivity contribution >= 4 is 28.8 Å². The van der Waals surface area contributed by atoms with E-state index < -0.39 is 0 Å². The third kappa shape index (κ3) is 3.26. The number of hydrogen-bond acceptors (Lipinski definition) is 4. The van der Waals surface area contributed by atoms with Gasteiger partial charge in [0.15, 0.2) is 0 Å². The van der Waals surface area contributed by atoms with Crippen LogP contribution in [0.4, 0.5) is 5.69 Å². The van der Waals surface area contributed by atoms with Gasteiger partial charge in [-0.15, -0.1) is 0 Å². The molecule has 1 N–H and O–H groups in total. The molecule has 4 rings (SSSR count). The zero-order valence-corrected chi connectivity index (χ0v) is 14.7. The predicted octanol–water partition coefficient (Wildman–Crippen LogP) is 3.78. The summed E-state index contributed by atoms with van der Waals surface area (Å²) in [5, 5.41) is 6.53. The van der Waals surface area contributed by atoms with Gasteiger partial charge in [0.25, 0.3) is 11.8 Å². The lowest BCUT2D eigenvalue weighted by Gasteiger charge is -2.37. The standard InChI is InChI=1S/C19H20N2O3S/c22-18(13-7-10-25-12-13)20-14-4-5-17-16(11-14)19(23)21-8-2-1-3-15(21)6-9-24-17/h4-5,7,10-12,15H,1-3,6,8-9H2,(H,20,22). The number of amides is 2. The van der Waals surface area contributed by atoms with Gasteiger partial charge in [0.05, 0.1) is 17.7 Å². The van der Waals surface area contributed by atoms with Crippen molar-refractivity contribution in [1.29, 1.82) is 0 Å². The Balaban J connectivity index is 1.61. The van der Waals surface area contributed by atoms with Crippen LogP contribution >= 0.6 is 11.3 Å². The Kier molecular flexibility index (Phi) is 4.44. The highest BCUT2D eigenvalue weighted by Gasteiger charge is 2.31. The van der Waals surface area contributed by atoms with Crippen molar-refractivity contribution in [1.82, 2.24) is 4.90 Å². The van der Waals surface area contributed by atoms with Crippen LogP contribution in [0.2, 0.25) is 0 Å². The number of piperidine rings is 1. The first-order valence-electron chi connectivity index (χ1n) is 8.64. The molecule has 2 aliphatic heterocycles. The first-order chi connectivity index (χ1) is 12.2. The molecule has 1 saturated heterocycles. The molecule has 0 spiro atoms. The number of thiophene rings is 1. The van der Waals surface area contributed by atoms with Crippen molar-refractivity contribution in [3.8, 4) is 5.75 Å². The molecule has 0 saturated carbocycles. The number of carbonyl (C=O) groups is 2. The summed E-state index contributed by atoms with van der Waals surface area (Å²) >= 11 is 1.48. The Hall–Kier alpha value is -2.34. The molecule has 1 fully saturated rings. The second-order valence-electron chi connectivity index (χ2n) is 6.46. The number of nitrogens with one attached hydrogen (secondary N) is 1. The average Bonchev–Trinajstić information content (AvgIpc) is 3.16. The normalized spacial score (nSPS) is 19.9. The summed E-state index contributed by atoms with van der Waals surface area (Å²) in [6.07, 6.45) is 4.13. The number of benzene rings is 1. The van der Waals surface area contributed by atoms with Gasteiger partial charge in [-0.05, 0) is 48.9 Å². The number of rotatable bonds is 2. The number of nitrogens with zero attached hydrogens (tertiary/aromatic N) is 1. The second kappa shape index (κ2) is 6.88. The molecule has 0 bridgehead atoms. The highest BCUT2D eigenvalue weighted by molar-refractivity contribution is 7.08. The summed E-state index contributed by atoms with van der Waals surface area (Å²) in [7, 11) is 0. The summed E-state index contributed by atoms with van der Waals surface area (Å²) in [5.74, 6) is 0.435. The van der Waals surface area contributed by atoms with Crippen LogP contribution in [0.25, 0.3) is 0 Å². The molecule has 0 radical (unpaired) electrons. The minimum Gasteiger partial charge on any atom is -0.493 e. The summed E-state index contributed by atoms with van der Waals surface area (Å²) in [5.41, 5.74) is 1.77. The van der Waals surface area contributed by atoms with Crippen LogP contribution in [0.5, 0.6) is 5.75 Å². The van der Waals surface area contributed by atoms with Crippen LogP contribution in [0, 0.1) is 0 Å². The minimum atomic E-state index is -0.170. The maximum absolute atomic E-state index is 13.0. The van der Waals surface area contributed by atoms with Crippen LogP contribution < -0.4 is 10.1 Å². The average molecular weight is 356 g/mol. The van der Waals surface area contributed by atoms with E-state index in [-0.39, 0.29) is 17.9 Å². The van der Waals surface area contributed by atoms with Gasteiger partial charge in [0, 0.05) is 30.1 Å². The molecule has 130 valence electrons. The molecule has 25 heavy (non-hydrogen) atoms. The zero-order chi connectivity index (χ0) is 17.2. The molecule has 1 unspecified atom stereocenters. The van der Waals surface area contributed by atoms with Crippen molar-refractivity contribution in [2.24, 2.45) is 0 Å². The van der Waals surface area contributed by atoms with E-state index in [0.717, 1.165) is 32.2 Å². The molecule has 2 aliphatic rings. The van der Waals surface area contributed by atoms with Crippen molar-refractivity contribution in [2.75, 3.05) is 18.5 Å². The van der Waals surface area contributed by atoms with E-state index in [2.05, 4.69) is 5.32 Å². The van der Waals surface area contributed by atoms with Crippen LogP contribution in [-0.2, 0) is 0 Å². The molecule has 0 aliphatic carbocycles. The summed E-state index contributed by atoms with van der Waals surface area (Å²) in [4.78, 5) is 27.3. The third-order valence-electron chi connectivity index (χ3n) is 4.85. The monoisotopic (exact) mass is 356 g/mol. The van der Waals surface area contributed by atoms with E-state index in [1.54, 1.807) is 29.6 Å². The van der Waals surface area contributed by atoms with Crippen LogP contribution in [0.1, 0.15) is 46.4 Å². The lowest BCUT2D eigenvalue weighted by Crippen LogP contribution is -2.45. The van der Waals surface area contributed by atoms with Gasteiger partial charge in [-0.3, -0.25) is 9.59 Å². The fourth-order valence-corrected chi connectivity index (χ4v) is 4.16. The Morgan fingerprint density at radius 1 is 1.24 bits per heavy atom. The highest BCUT2D eigenvalue weighted by atomic mass is 32.1. The van der Waals surface area contributed by atoms with Crippen molar-refractivity contribution in [3.05, 3.63) is 46.2 Å². The molecule has 5 nitrogen and oxygen atoms in total. The Morgan fingerprint density at radius 3 is 3.00 bits per heavy atom. The van der Waals surface area contributed by atoms with Gasteiger partial charge in [0.2, 0.25) is 0 Å². The smallest absolute Gasteiger partial charge is 0.257 e. The number of ether oxygens (including phenoxy) is 1. The first kappa shape index (κ1) is 16.1. The van der Waals surface area contributed by atoms with E-state index in [4.69, 9.17) is 4.74 Å². The van der Waals surface area contributed by atoms with Gasteiger partial charge in [-0.25, -0.2) is 0 Å². The van der Waals surface area contributed by atoms with Gasteiger partial charge < -0.3 is 15.0 Å². The topological polar surface area (TPSA) is 58.6 Å². The second-order valence-corrected chi connectivity index (χ2v) is 7.24. The Morgan fingerprint density at radius 2 is 2.16 bits per heavy atom. The molecule has 1 aromatic carbocycles. The van der Waals surface area contributed by atoms with Crippen LogP contribution in [0.15, 0.2) is 35.0 Å². The largest absolute Gasteiger partial charge is 0.493 e. The lowest BCUT2D eigenvalue weighted by molar-refractivity contribution is 0.0548. The maximum Gasteiger partial charge on any atom is 0.257 e. The van der Waals surface area contributed by atoms with Gasteiger partial charge in [-0.1, -0.05) is 0 Å². The quantitative estimate of drug-likeness (QED) is 0.891. The van der Waals surface area contributed by atoms with Gasteiger partial charge >= 0.3 is 0 Å². The summed E-state index contributed by atoms with van der Waals surface area (Å²) in [6, 6.07) is 7.34. The molecular weight excluding hydrogens is 336 g/mol. The van der Waals surface area contributed by atoms with E-state index in [9.17, 15) is 9.59 Å². The van der Waals surface area contributed by atoms with Crippen LogP contribution in [0.3, 0.4) is 0 Å². The Labute approximate surface area is 150 Å². The number of carbonyl (C=O) groups excluding carboxylic acids is 2. The van der Waals surface area contributed by atoms with E-state index in [1.165, 1.54) is 11.3 Å². The number of anilines is 1. The molecule has 1 aromatic heterocycles. The van der Waals surface area contributed by atoms with E-state index in [0.29, 0.717) is 29.2 Å². The predicted molar refractivity (Wildman–Crippen MR) is 97.5 cm³/mol. The van der Waals surface area contributed by atoms with E-state index >= 15 is 0 Å². The minimum absolute atomic E-state index is 0.00559. The molecule has 2 aromatic rings. The number of hydrogen-bond donors (Lipinski definition) is 1. The highest BCUT2D eigenvalue weighted by Crippen LogP contribution is 2.31. The molecule has 1 atom stereocenters. The summed E-state index contributed by atoms with van der Waals surface area (Å²) < 4.78 is 5.82. The van der Waals surface area contributed by atoms with Crippen molar-refractivity contribution in [3.63, 3.8) is 0 Å². The molecular formula is C19H20N2O3S. The number of fused-ring (bicyclic) bond motifs is 2. The maximum atomic E-state index is 13.0. The zero-order valence-electron chi connectivity index (χ0n) is 13.9. The van der Waals surface area contributed by atoms with Gasteiger partial charge in [-0.2, -0.15) is 11.3 Å². The van der Waals surface area contributed by atoms with Crippen LogP contribution in [-0.4, -0.2) is 35.9 Å².